The van der Waals surface area contributed by atoms with Crippen molar-refractivity contribution in [3.05, 3.63) is 0 Å². The summed E-state index contributed by atoms with van der Waals surface area (Å²) in [5.41, 5.74) is 0. The molecule has 0 aromatic carbocycles. The molecule has 2 nitrogen and oxygen atoms in total. The first-order chi connectivity index (χ1) is 4.63. The molecule has 0 aliphatic carbocycles. The molecular formula is C4H6ClF3O2S. The molecule has 0 heterocycles. The largest absolute Gasteiger partial charge is 0.277 e. The Morgan fingerprint density at radius 3 is 2.00 bits per heavy atom. The van der Waals surface area contributed by atoms with Crippen LogP contribution in [-0.2, 0) is 9.05 Å². The molecule has 0 spiro atoms. The average molecular weight is 211 g/mol. The Kier molecular flexibility index (Phi) is 3.19. The van der Waals surface area contributed by atoms with E-state index in [2.05, 4.69) is 10.7 Å². The normalized spacial score (nSPS) is 16.5. The number of hydrogen-bond acceptors (Lipinski definition) is 2. The van der Waals surface area contributed by atoms with Crippen LogP contribution in [-0.4, -0.2) is 26.3 Å². The van der Waals surface area contributed by atoms with Gasteiger partial charge in [0.1, 0.15) is 5.75 Å². The molecule has 0 radical (unpaired) electrons. The van der Waals surface area contributed by atoms with Gasteiger partial charge < -0.3 is 0 Å². The highest BCUT2D eigenvalue weighted by Gasteiger charge is 2.37. The monoisotopic (exact) mass is 210 g/mol. The maximum Gasteiger partial charge on any atom is 0.277 e. The molecule has 0 aliphatic heterocycles. The van der Waals surface area contributed by atoms with Gasteiger partial charge in [0, 0.05) is 17.6 Å². The van der Waals surface area contributed by atoms with Crippen LogP contribution in [0, 0.1) is 0 Å². The molecule has 0 N–H and O–H groups in total. The molecule has 0 aromatic heterocycles. The third-order valence-corrected chi connectivity index (χ3v) is 1.96. The van der Waals surface area contributed by atoms with Crippen LogP contribution in [0.3, 0.4) is 0 Å². The van der Waals surface area contributed by atoms with Crippen molar-refractivity contribution in [2.24, 2.45) is 0 Å². The van der Waals surface area contributed by atoms with Crippen LogP contribution in [0.5, 0.6) is 0 Å². The highest BCUT2D eigenvalue weighted by atomic mass is 35.7. The van der Waals surface area contributed by atoms with Crippen molar-refractivity contribution in [3.63, 3.8) is 0 Å². The molecule has 0 bridgehead atoms. The first kappa shape index (κ1) is 11.0. The number of halogens is 4. The third-order valence-electron chi connectivity index (χ3n) is 0.895. The zero-order valence-corrected chi connectivity index (χ0v) is 7.09. The summed E-state index contributed by atoms with van der Waals surface area (Å²) in [4.78, 5) is 0. The van der Waals surface area contributed by atoms with Crippen molar-refractivity contribution in [2.45, 2.75) is 19.0 Å². The van der Waals surface area contributed by atoms with E-state index in [1.165, 1.54) is 0 Å². The van der Waals surface area contributed by atoms with Gasteiger partial charge in [-0.05, 0) is 0 Å². The van der Waals surface area contributed by atoms with Crippen LogP contribution >= 0.6 is 10.7 Å². The first-order valence-corrected chi connectivity index (χ1v) is 5.05. The van der Waals surface area contributed by atoms with E-state index in [0.717, 1.165) is 0 Å². The average Bonchev–Trinajstić information content (AvgIpc) is 1.56. The van der Waals surface area contributed by atoms with E-state index in [9.17, 15) is 21.6 Å². The van der Waals surface area contributed by atoms with Crippen LogP contribution in [0.25, 0.3) is 0 Å². The van der Waals surface area contributed by atoms with Gasteiger partial charge in [-0.25, -0.2) is 21.6 Å². The van der Waals surface area contributed by atoms with E-state index in [4.69, 9.17) is 0 Å². The van der Waals surface area contributed by atoms with Gasteiger partial charge >= 0.3 is 0 Å². The van der Waals surface area contributed by atoms with E-state index in [1.54, 1.807) is 0 Å². The molecule has 1 atom stereocenters. The minimum Gasteiger partial charge on any atom is -0.240 e. The summed E-state index contributed by atoms with van der Waals surface area (Å²) in [6, 6.07) is 0. The summed E-state index contributed by atoms with van der Waals surface area (Å²) >= 11 is 0. The maximum absolute atomic E-state index is 12.2. The quantitative estimate of drug-likeness (QED) is 0.663. The number of rotatable bonds is 3. The fraction of sp³-hybridized carbons (Fsp3) is 1.00. The minimum absolute atomic E-state index is 0.291. The third kappa shape index (κ3) is 5.32. The predicted molar refractivity (Wildman–Crippen MR) is 35.2 cm³/mol. The van der Waals surface area contributed by atoms with E-state index in [0.29, 0.717) is 6.92 Å². The highest BCUT2D eigenvalue weighted by molar-refractivity contribution is 8.13. The van der Waals surface area contributed by atoms with Gasteiger partial charge in [-0.2, -0.15) is 0 Å². The first-order valence-electron chi connectivity index (χ1n) is 2.57. The molecule has 7 heteroatoms. The molecule has 11 heavy (non-hydrogen) atoms. The van der Waals surface area contributed by atoms with Crippen molar-refractivity contribution >= 4 is 19.7 Å². The molecule has 0 aromatic rings. The van der Waals surface area contributed by atoms with Gasteiger partial charge in [-0.3, -0.25) is 0 Å². The Morgan fingerprint density at radius 1 is 1.55 bits per heavy atom. The summed E-state index contributed by atoms with van der Waals surface area (Å²) in [6.45, 7) is 0.291. The Bertz CT molecular complexity index is 220. The Labute approximate surface area is 66.8 Å². The summed E-state index contributed by atoms with van der Waals surface area (Å²) in [5.74, 6) is -5.03. The van der Waals surface area contributed by atoms with Crippen molar-refractivity contribution in [1.29, 1.82) is 0 Å². The van der Waals surface area contributed by atoms with Crippen molar-refractivity contribution in [2.75, 3.05) is 5.75 Å². The lowest BCUT2D eigenvalue weighted by molar-refractivity contribution is -0.0453. The summed E-state index contributed by atoms with van der Waals surface area (Å²) in [5, 5.41) is 0. The Balaban J connectivity index is 4.21. The lowest BCUT2D eigenvalue weighted by Crippen LogP contribution is -2.31. The summed E-state index contributed by atoms with van der Waals surface area (Å²) < 4.78 is 56.2. The van der Waals surface area contributed by atoms with Crippen molar-refractivity contribution in [3.8, 4) is 0 Å². The molecule has 0 rings (SSSR count). The van der Waals surface area contributed by atoms with Crippen LogP contribution in [0.4, 0.5) is 13.2 Å². The highest BCUT2D eigenvalue weighted by Crippen LogP contribution is 2.22. The van der Waals surface area contributed by atoms with E-state index in [1.807, 2.05) is 0 Å². The minimum atomic E-state index is -4.19. The van der Waals surface area contributed by atoms with E-state index >= 15 is 0 Å². The Morgan fingerprint density at radius 2 is 1.91 bits per heavy atom. The van der Waals surface area contributed by atoms with Crippen molar-refractivity contribution < 1.29 is 21.6 Å². The van der Waals surface area contributed by atoms with Gasteiger partial charge in [0.05, 0.1) is 0 Å². The SMILES string of the molecule is CC(F)(F)C(F)CS(=O)(=O)Cl. The molecule has 68 valence electrons. The van der Waals surface area contributed by atoms with E-state index < -0.39 is 26.9 Å². The van der Waals surface area contributed by atoms with Gasteiger partial charge in [0.25, 0.3) is 5.92 Å². The Hall–Kier alpha value is 0.0300. The zero-order chi connectivity index (χ0) is 9.28. The molecule has 0 aliphatic rings. The standard InChI is InChI=1S/C4H6ClF3O2S/c1-4(7,8)3(6)2-11(5,9)10/h3H,2H2,1H3. The lowest BCUT2D eigenvalue weighted by atomic mass is 10.3. The summed E-state index contributed by atoms with van der Waals surface area (Å²) in [7, 11) is 0.344. The van der Waals surface area contributed by atoms with Gasteiger partial charge in [-0.15, -0.1) is 0 Å². The predicted octanol–water partition coefficient (Wildman–Crippen LogP) is 1.55. The topological polar surface area (TPSA) is 34.1 Å². The smallest absolute Gasteiger partial charge is 0.240 e. The van der Waals surface area contributed by atoms with Crippen LogP contribution in [0.15, 0.2) is 0 Å². The second-order valence-corrected chi connectivity index (χ2v) is 4.95. The molecule has 1 unspecified atom stereocenters. The second kappa shape index (κ2) is 3.18. The van der Waals surface area contributed by atoms with Crippen LogP contribution in [0.1, 0.15) is 6.92 Å². The van der Waals surface area contributed by atoms with Gasteiger partial charge in [0.15, 0.2) is 6.17 Å². The van der Waals surface area contributed by atoms with Crippen molar-refractivity contribution in [1.82, 2.24) is 0 Å². The molecular weight excluding hydrogens is 205 g/mol. The lowest BCUT2D eigenvalue weighted by Gasteiger charge is -2.13. The van der Waals surface area contributed by atoms with Crippen LogP contribution in [0.2, 0.25) is 0 Å². The molecule has 0 saturated heterocycles. The molecule has 0 fully saturated rings. The van der Waals surface area contributed by atoms with E-state index in [-0.39, 0.29) is 0 Å². The molecule has 0 amide bonds. The fourth-order valence-electron chi connectivity index (χ4n) is 0.321. The van der Waals surface area contributed by atoms with Gasteiger partial charge in [-0.1, -0.05) is 0 Å². The fourth-order valence-corrected chi connectivity index (χ4v) is 1.30. The molecule has 0 saturated carbocycles. The second-order valence-electron chi connectivity index (χ2n) is 2.13. The maximum atomic E-state index is 12.2. The number of hydrogen-bond donors (Lipinski definition) is 0. The zero-order valence-electron chi connectivity index (χ0n) is 5.52. The van der Waals surface area contributed by atoms with Crippen LogP contribution < -0.4 is 0 Å². The summed E-state index contributed by atoms with van der Waals surface area (Å²) in [6.07, 6.45) is -2.75. The number of alkyl halides is 3. The van der Waals surface area contributed by atoms with Gasteiger partial charge in [0.2, 0.25) is 9.05 Å².